The first-order chi connectivity index (χ1) is 32.2. The SMILES string of the molecule is CC1(C)C2=C(CCC(/C=C/c3ccc(/C=C/C4=CC=C5c6ccc(N(C7=CC=CCC7)c7ccccc7)cc6C(C)(C)C5C4)cc3)=C2)c2ccc(N(C3=CC=CCC3)c3ccccc3)cc21. The summed E-state index contributed by atoms with van der Waals surface area (Å²) < 4.78 is 0. The van der Waals surface area contributed by atoms with Crippen LogP contribution in [0.1, 0.15) is 106 Å². The molecule has 6 aliphatic rings. The average Bonchev–Trinajstić information content (AvgIpc) is 3.72. The fourth-order valence-corrected chi connectivity index (χ4v) is 11.5. The number of anilines is 4. The minimum Gasteiger partial charge on any atom is -0.314 e. The Balaban J connectivity index is 0.772. The van der Waals surface area contributed by atoms with Gasteiger partial charge in [-0.15, -0.1) is 0 Å². The average molecular weight is 857 g/mol. The third-order valence-corrected chi connectivity index (χ3v) is 15.2. The monoisotopic (exact) mass is 856 g/mol. The Kier molecular flexibility index (Phi) is 10.9. The first kappa shape index (κ1) is 41.8. The summed E-state index contributed by atoms with van der Waals surface area (Å²) in [6.07, 6.45) is 37.4. The summed E-state index contributed by atoms with van der Waals surface area (Å²) in [6, 6.07) is 45.1. The van der Waals surface area contributed by atoms with Crippen molar-refractivity contribution in [2.24, 2.45) is 5.92 Å². The van der Waals surface area contributed by atoms with E-state index in [2.05, 4.69) is 238 Å². The maximum atomic E-state index is 2.49. The van der Waals surface area contributed by atoms with E-state index < -0.39 is 0 Å². The smallest absolute Gasteiger partial charge is 0.0461 e. The van der Waals surface area contributed by atoms with E-state index in [1.54, 1.807) is 0 Å². The summed E-state index contributed by atoms with van der Waals surface area (Å²) in [4.78, 5) is 4.92. The Labute approximate surface area is 393 Å². The van der Waals surface area contributed by atoms with Crippen LogP contribution >= 0.6 is 0 Å². The van der Waals surface area contributed by atoms with Gasteiger partial charge < -0.3 is 9.80 Å². The lowest BCUT2D eigenvalue weighted by molar-refractivity contribution is 0.410. The number of para-hydroxylation sites is 2. The van der Waals surface area contributed by atoms with Gasteiger partial charge in [-0.05, 0) is 178 Å². The Hall–Kier alpha value is -6.90. The van der Waals surface area contributed by atoms with Crippen LogP contribution in [0.2, 0.25) is 0 Å². The Morgan fingerprint density at radius 3 is 1.64 bits per heavy atom. The molecular weight excluding hydrogens is 797 g/mol. The van der Waals surface area contributed by atoms with Crippen molar-refractivity contribution in [3.63, 3.8) is 0 Å². The minimum absolute atomic E-state index is 0.0175. The van der Waals surface area contributed by atoms with Crippen molar-refractivity contribution in [1.82, 2.24) is 0 Å². The molecule has 0 saturated carbocycles. The van der Waals surface area contributed by atoms with E-state index in [-0.39, 0.29) is 10.8 Å². The van der Waals surface area contributed by atoms with Crippen LogP contribution in [0, 0.1) is 5.92 Å². The molecule has 2 nitrogen and oxygen atoms in total. The fraction of sp³-hybridized carbons (Fsp3) is 0.219. The van der Waals surface area contributed by atoms with Crippen molar-refractivity contribution in [1.29, 1.82) is 0 Å². The predicted molar refractivity (Wildman–Crippen MR) is 282 cm³/mol. The molecule has 0 fully saturated rings. The first-order valence-corrected chi connectivity index (χ1v) is 24.3. The number of benzene rings is 5. The molecule has 0 amide bonds. The molecule has 1 unspecified atom stereocenters. The van der Waals surface area contributed by atoms with Crippen molar-refractivity contribution in [2.45, 2.75) is 83.5 Å². The highest BCUT2D eigenvalue weighted by Crippen LogP contribution is 2.56. The van der Waals surface area contributed by atoms with Crippen molar-refractivity contribution in [3.8, 4) is 0 Å². The number of nitrogens with zero attached hydrogens (tertiary/aromatic N) is 2. The lowest BCUT2D eigenvalue weighted by Crippen LogP contribution is -2.25. The summed E-state index contributed by atoms with van der Waals surface area (Å²) in [6.45, 7) is 9.73. The van der Waals surface area contributed by atoms with E-state index in [0.717, 1.165) is 44.9 Å². The molecule has 1 atom stereocenters. The summed E-state index contributed by atoms with van der Waals surface area (Å²) in [5, 5.41) is 0. The molecule has 0 heterocycles. The van der Waals surface area contributed by atoms with Crippen LogP contribution < -0.4 is 9.80 Å². The number of allylic oxidation sites excluding steroid dienone is 18. The second-order valence-corrected chi connectivity index (χ2v) is 20.0. The van der Waals surface area contributed by atoms with Crippen molar-refractivity contribution in [2.75, 3.05) is 9.80 Å². The molecule has 0 saturated heterocycles. The van der Waals surface area contributed by atoms with Crippen LogP contribution in [-0.4, -0.2) is 0 Å². The molecule has 0 N–H and O–H groups in total. The van der Waals surface area contributed by atoms with Crippen LogP contribution in [0.3, 0.4) is 0 Å². The second-order valence-electron chi connectivity index (χ2n) is 20.0. The van der Waals surface area contributed by atoms with E-state index in [1.165, 1.54) is 95.4 Å². The summed E-state index contributed by atoms with van der Waals surface area (Å²) in [5.74, 6) is 0.441. The molecule has 0 radical (unpaired) electrons. The van der Waals surface area contributed by atoms with Gasteiger partial charge in [-0.25, -0.2) is 0 Å². The lowest BCUT2D eigenvalue weighted by atomic mass is 9.73. The van der Waals surface area contributed by atoms with Gasteiger partial charge in [-0.1, -0.05) is 167 Å². The molecule has 0 spiro atoms. The zero-order chi connectivity index (χ0) is 44.8. The highest BCUT2D eigenvalue weighted by Gasteiger charge is 2.44. The molecular formula is C64H60N2. The highest BCUT2D eigenvalue weighted by atomic mass is 15.2. The Morgan fingerprint density at radius 1 is 0.500 bits per heavy atom. The summed E-state index contributed by atoms with van der Waals surface area (Å²) in [5.41, 5.74) is 23.0. The molecule has 0 aromatic heterocycles. The van der Waals surface area contributed by atoms with Crippen molar-refractivity contribution < 1.29 is 0 Å². The molecule has 11 rings (SSSR count). The van der Waals surface area contributed by atoms with Gasteiger partial charge in [0.1, 0.15) is 0 Å². The van der Waals surface area contributed by atoms with Gasteiger partial charge in [0.15, 0.2) is 0 Å². The number of rotatable bonds is 10. The van der Waals surface area contributed by atoms with Gasteiger partial charge in [0, 0.05) is 39.6 Å². The normalized spacial score (nSPS) is 19.9. The van der Waals surface area contributed by atoms with Crippen molar-refractivity contribution >= 4 is 46.0 Å². The van der Waals surface area contributed by atoms with Gasteiger partial charge in [-0.2, -0.15) is 0 Å². The van der Waals surface area contributed by atoms with Gasteiger partial charge in [0.05, 0.1) is 0 Å². The van der Waals surface area contributed by atoms with E-state index in [0.29, 0.717) is 5.92 Å². The molecule has 66 heavy (non-hydrogen) atoms. The molecule has 5 aromatic carbocycles. The van der Waals surface area contributed by atoms with E-state index in [9.17, 15) is 0 Å². The first-order valence-electron chi connectivity index (χ1n) is 24.3. The van der Waals surface area contributed by atoms with Crippen LogP contribution in [0.15, 0.2) is 216 Å². The number of hydrogen-bond donors (Lipinski definition) is 0. The molecule has 0 aliphatic heterocycles. The lowest BCUT2D eigenvalue weighted by Gasteiger charge is -2.32. The molecule has 326 valence electrons. The number of hydrogen-bond acceptors (Lipinski definition) is 2. The summed E-state index contributed by atoms with van der Waals surface area (Å²) in [7, 11) is 0. The van der Waals surface area contributed by atoms with Crippen LogP contribution in [0.25, 0.3) is 23.3 Å². The van der Waals surface area contributed by atoms with Gasteiger partial charge in [0.2, 0.25) is 0 Å². The standard InChI is InChI=1S/C64H60N2/c1-63(2)59-41-47(33-37-55(59)57-39-35-53(43-61(57)63)65(49-17-9-5-10-18-49)50-19-11-6-12-20-50)31-29-45-25-27-46(28-26-45)30-32-48-34-38-56-58-40-36-54(44-62(58)64(3,4)60(56)42-48)66(51-21-13-7-14-22-51)52-23-15-8-16-24-52/h5-11,13-15,17-19,21-23,25-33,35-37,39-40,42-44,59H,12,16,20,24,34,38,41H2,1-4H3/b31-29+,32-30+. The van der Waals surface area contributed by atoms with Crippen molar-refractivity contribution in [3.05, 3.63) is 250 Å². The van der Waals surface area contributed by atoms with E-state index >= 15 is 0 Å². The largest absolute Gasteiger partial charge is 0.314 e. The maximum Gasteiger partial charge on any atom is 0.0461 e. The van der Waals surface area contributed by atoms with Gasteiger partial charge >= 0.3 is 0 Å². The van der Waals surface area contributed by atoms with E-state index in [1.807, 2.05) is 0 Å². The minimum atomic E-state index is -0.0709. The Morgan fingerprint density at radius 2 is 1.06 bits per heavy atom. The molecule has 5 aromatic rings. The Bertz CT molecular complexity index is 3020. The number of fused-ring (bicyclic) bond motifs is 5. The van der Waals surface area contributed by atoms with Crippen LogP contribution in [-0.2, 0) is 10.8 Å². The maximum absolute atomic E-state index is 2.49. The molecule has 2 heteroatoms. The van der Waals surface area contributed by atoms with Gasteiger partial charge in [-0.3, -0.25) is 0 Å². The summed E-state index contributed by atoms with van der Waals surface area (Å²) >= 11 is 0. The quantitative estimate of drug-likeness (QED) is 0.138. The zero-order valence-corrected chi connectivity index (χ0v) is 39.0. The van der Waals surface area contributed by atoms with E-state index in [4.69, 9.17) is 0 Å². The van der Waals surface area contributed by atoms with Gasteiger partial charge in [0.25, 0.3) is 0 Å². The third-order valence-electron chi connectivity index (χ3n) is 15.2. The zero-order valence-electron chi connectivity index (χ0n) is 39.0. The van der Waals surface area contributed by atoms with Crippen LogP contribution in [0.4, 0.5) is 22.7 Å². The van der Waals surface area contributed by atoms with Crippen LogP contribution in [0.5, 0.6) is 0 Å². The predicted octanol–water partition coefficient (Wildman–Crippen LogP) is 17.2. The fourth-order valence-electron chi connectivity index (χ4n) is 11.5. The third kappa shape index (κ3) is 7.67. The second kappa shape index (κ2) is 17.1. The topological polar surface area (TPSA) is 6.48 Å². The molecule has 6 aliphatic carbocycles. The molecule has 0 bridgehead atoms. The highest BCUT2D eigenvalue weighted by molar-refractivity contribution is 5.87.